The van der Waals surface area contributed by atoms with E-state index in [2.05, 4.69) is 10.1 Å². The molecule has 2 fully saturated rings. The molecule has 3 heterocycles. The maximum atomic E-state index is 13.1. The molecule has 152 valence electrons. The number of hydrogen-bond acceptors (Lipinski definition) is 6. The zero-order valence-electron chi connectivity index (χ0n) is 16.3. The van der Waals surface area contributed by atoms with Crippen molar-refractivity contribution in [3.05, 3.63) is 47.1 Å². The van der Waals surface area contributed by atoms with Gasteiger partial charge in [0, 0.05) is 38.7 Å². The number of aryl methyl sites for hydroxylation is 1. The maximum Gasteiger partial charge on any atom is 0.335 e. The van der Waals surface area contributed by atoms with Crippen LogP contribution in [-0.2, 0) is 10.2 Å². The van der Waals surface area contributed by atoms with Gasteiger partial charge in [-0.3, -0.25) is 9.59 Å². The number of aromatic carboxylic acids is 1. The van der Waals surface area contributed by atoms with Crippen molar-refractivity contribution in [1.29, 1.82) is 0 Å². The fourth-order valence-electron chi connectivity index (χ4n) is 4.44. The Hall–Kier alpha value is -3.23. The predicted octanol–water partition coefficient (Wildman–Crippen LogP) is 1.34. The number of carbonyl (C=O) groups is 3. The van der Waals surface area contributed by atoms with Crippen LogP contribution in [0.4, 0.5) is 0 Å². The Labute approximate surface area is 167 Å². The van der Waals surface area contributed by atoms with Crippen LogP contribution in [0.5, 0.6) is 0 Å². The van der Waals surface area contributed by atoms with Gasteiger partial charge >= 0.3 is 5.97 Å². The average Bonchev–Trinajstić information content (AvgIpc) is 3.31. The SMILES string of the molecule is CC(=O)N1C[C@@H]2CCN(C(=O)c3cccc(C(=O)O)c3)C[C@]2(c2nc(C)no2)C1. The van der Waals surface area contributed by atoms with E-state index in [9.17, 15) is 19.5 Å². The molecule has 2 saturated heterocycles. The number of rotatable bonds is 3. The van der Waals surface area contributed by atoms with Crippen molar-refractivity contribution >= 4 is 17.8 Å². The van der Waals surface area contributed by atoms with Gasteiger partial charge in [-0.1, -0.05) is 11.2 Å². The van der Waals surface area contributed by atoms with Crippen molar-refractivity contribution in [3.8, 4) is 0 Å². The van der Waals surface area contributed by atoms with E-state index in [0.29, 0.717) is 49.9 Å². The van der Waals surface area contributed by atoms with Gasteiger partial charge in [-0.2, -0.15) is 4.98 Å². The molecule has 2 atom stereocenters. The van der Waals surface area contributed by atoms with Gasteiger partial charge in [0.2, 0.25) is 11.8 Å². The summed E-state index contributed by atoms with van der Waals surface area (Å²) in [4.78, 5) is 44.3. The van der Waals surface area contributed by atoms with E-state index in [1.807, 2.05) is 0 Å². The molecular formula is C20H22N4O5. The minimum absolute atomic E-state index is 0.0259. The lowest BCUT2D eigenvalue weighted by molar-refractivity contribution is -0.128. The lowest BCUT2D eigenvalue weighted by Crippen LogP contribution is -2.53. The highest BCUT2D eigenvalue weighted by molar-refractivity contribution is 5.97. The first-order valence-corrected chi connectivity index (χ1v) is 9.49. The molecule has 2 aliphatic heterocycles. The number of carbonyl (C=O) groups excluding carboxylic acids is 2. The predicted molar refractivity (Wildman–Crippen MR) is 100 cm³/mol. The average molecular weight is 398 g/mol. The molecule has 1 aromatic carbocycles. The van der Waals surface area contributed by atoms with Crippen LogP contribution in [-0.4, -0.2) is 69.0 Å². The number of piperidine rings is 1. The zero-order valence-corrected chi connectivity index (χ0v) is 16.3. The van der Waals surface area contributed by atoms with Gasteiger partial charge in [-0.05, 0) is 37.5 Å². The fraction of sp³-hybridized carbons (Fsp3) is 0.450. The molecule has 1 aromatic heterocycles. The number of nitrogens with zero attached hydrogens (tertiary/aromatic N) is 4. The standard InChI is InChI=1S/C20H22N4O5/c1-12-21-19(29-22-12)20-10-23(7-6-16(20)9-24(11-20)13(2)25)17(26)14-4-3-5-15(8-14)18(27)28/h3-5,8,16H,6-7,9-11H2,1-2H3,(H,27,28)/t16-,20-/m0/s1. The zero-order chi connectivity index (χ0) is 20.8. The van der Waals surface area contributed by atoms with Crippen LogP contribution in [0.2, 0.25) is 0 Å². The van der Waals surface area contributed by atoms with Gasteiger partial charge in [-0.15, -0.1) is 0 Å². The number of likely N-dealkylation sites (tertiary alicyclic amines) is 2. The quantitative estimate of drug-likeness (QED) is 0.829. The first-order chi connectivity index (χ1) is 13.8. The second kappa shape index (κ2) is 6.98. The first-order valence-electron chi connectivity index (χ1n) is 9.49. The molecule has 1 N–H and O–H groups in total. The lowest BCUT2D eigenvalue weighted by Gasteiger charge is -2.41. The molecule has 0 spiro atoms. The fourth-order valence-corrected chi connectivity index (χ4v) is 4.44. The Morgan fingerprint density at radius 3 is 2.59 bits per heavy atom. The van der Waals surface area contributed by atoms with Crippen molar-refractivity contribution in [2.24, 2.45) is 5.92 Å². The van der Waals surface area contributed by atoms with Gasteiger partial charge in [0.1, 0.15) is 0 Å². The molecule has 2 aromatic rings. The third kappa shape index (κ3) is 3.26. The van der Waals surface area contributed by atoms with Crippen LogP contribution in [0.15, 0.2) is 28.8 Å². The minimum atomic E-state index is -1.08. The molecule has 0 bridgehead atoms. The second-order valence-electron chi connectivity index (χ2n) is 7.80. The third-order valence-electron chi connectivity index (χ3n) is 5.96. The minimum Gasteiger partial charge on any atom is -0.478 e. The van der Waals surface area contributed by atoms with E-state index in [1.54, 1.807) is 28.9 Å². The summed E-state index contributed by atoms with van der Waals surface area (Å²) >= 11 is 0. The Kier molecular flexibility index (Phi) is 4.60. The largest absolute Gasteiger partial charge is 0.478 e. The molecule has 2 amide bonds. The highest BCUT2D eigenvalue weighted by Gasteiger charge is 2.55. The molecule has 4 rings (SSSR count). The Morgan fingerprint density at radius 1 is 1.21 bits per heavy atom. The van der Waals surface area contributed by atoms with Crippen molar-refractivity contribution in [1.82, 2.24) is 19.9 Å². The van der Waals surface area contributed by atoms with Gasteiger partial charge in [-0.25, -0.2) is 4.79 Å². The van der Waals surface area contributed by atoms with Crippen LogP contribution in [0.1, 0.15) is 45.8 Å². The summed E-state index contributed by atoms with van der Waals surface area (Å²) in [5, 5.41) is 13.1. The summed E-state index contributed by atoms with van der Waals surface area (Å²) in [6.07, 6.45) is 0.690. The molecule has 2 aliphatic rings. The summed E-state index contributed by atoms with van der Waals surface area (Å²) < 4.78 is 5.51. The van der Waals surface area contributed by atoms with Crippen LogP contribution in [0.3, 0.4) is 0 Å². The Morgan fingerprint density at radius 2 is 1.93 bits per heavy atom. The van der Waals surface area contributed by atoms with Crippen LogP contribution >= 0.6 is 0 Å². The van der Waals surface area contributed by atoms with Gasteiger partial charge < -0.3 is 19.4 Å². The second-order valence-corrected chi connectivity index (χ2v) is 7.80. The smallest absolute Gasteiger partial charge is 0.335 e. The number of amides is 2. The van der Waals surface area contributed by atoms with Gasteiger partial charge in [0.05, 0.1) is 11.0 Å². The number of aromatic nitrogens is 2. The van der Waals surface area contributed by atoms with Crippen LogP contribution in [0, 0.1) is 12.8 Å². The molecular weight excluding hydrogens is 376 g/mol. The van der Waals surface area contributed by atoms with E-state index < -0.39 is 11.4 Å². The number of fused-ring (bicyclic) bond motifs is 1. The van der Waals surface area contributed by atoms with E-state index in [-0.39, 0.29) is 23.3 Å². The molecule has 9 nitrogen and oxygen atoms in total. The number of carboxylic acids is 1. The van der Waals surface area contributed by atoms with E-state index in [0.717, 1.165) is 0 Å². The molecule has 0 aliphatic carbocycles. The summed E-state index contributed by atoms with van der Waals surface area (Å²) in [6, 6.07) is 6.01. The van der Waals surface area contributed by atoms with E-state index >= 15 is 0 Å². The molecule has 0 saturated carbocycles. The monoisotopic (exact) mass is 398 g/mol. The highest BCUT2D eigenvalue weighted by atomic mass is 16.5. The first kappa shape index (κ1) is 19.1. The number of hydrogen-bond donors (Lipinski definition) is 1. The molecule has 0 unspecified atom stereocenters. The maximum absolute atomic E-state index is 13.1. The van der Waals surface area contributed by atoms with Gasteiger partial charge in [0.15, 0.2) is 5.82 Å². The van der Waals surface area contributed by atoms with Crippen molar-refractivity contribution in [2.45, 2.75) is 25.7 Å². The third-order valence-corrected chi connectivity index (χ3v) is 5.96. The topological polar surface area (TPSA) is 117 Å². The Bertz CT molecular complexity index is 987. The normalized spacial score (nSPS) is 23.7. The molecule has 29 heavy (non-hydrogen) atoms. The molecule has 0 radical (unpaired) electrons. The van der Waals surface area contributed by atoms with E-state index in [1.165, 1.54) is 19.1 Å². The summed E-state index contributed by atoms with van der Waals surface area (Å²) in [7, 11) is 0. The Balaban J connectivity index is 1.67. The van der Waals surface area contributed by atoms with Gasteiger partial charge in [0.25, 0.3) is 5.91 Å². The summed E-state index contributed by atoms with van der Waals surface area (Å²) in [5.41, 5.74) is -0.233. The van der Waals surface area contributed by atoms with Crippen molar-refractivity contribution in [3.63, 3.8) is 0 Å². The van der Waals surface area contributed by atoms with Crippen molar-refractivity contribution in [2.75, 3.05) is 26.2 Å². The number of carboxylic acid groups (broad SMARTS) is 1. The molecule has 9 heteroatoms. The van der Waals surface area contributed by atoms with E-state index in [4.69, 9.17) is 4.52 Å². The van der Waals surface area contributed by atoms with Crippen LogP contribution < -0.4 is 0 Å². The summed E-state index contributed by atoms with van der Waals surface area (Å²) in [6.45, 7) is 5.12. The number of benzene rings is 1. The highest BCUT2D eigenvalue weighted by Crippen LogP contribution is 2.44. The summed E-state index contributed by atoms with van der Waals surface area (Å²) in [5.74, 6) is -0.289. The lowest BCUT2D eigenvalue weighted by atomic mass is 9.73. The van der Waals surface area contributed by atoms with Crippen LogP contribution in [0.25, 0.3) is 0 Å². The van der Waals surface area contributed by atoms with Crippen molar-refractivity contribution < 1.29 is 24.0 Å².